The summed E-state index contributed by atoms with van der Waals surface area (Å²) in [6, 6.07) is 4.54. The molecule has 0 saturated carbocycles. The van der Waals surface area contributed by atoms with Crippen LogP contribution in [0, 0.1) is 5.92 Å². The number of hydrogen-bond donors (Lipinski definition) is 4. The molecule has 24 heavy (non-hydrogen) atoms. The quantitative estimate of drug-likeness (QED) is 0.519. The van der Waals surface area contributed by atoms with Gasteiger partial charge in [-0.1, -0.05) is 6.07 Å². The summed E-state index contributed by atoms with van der Waals surface area (Å²) in [7, 11) is 3.01. The summed E-state index contributed by atoms with van der Waals surface area (Å²) in [6.07, 6.45) is -0.564. The van der Waals surface area contributed by atoms with Gasteiger partial charge in [0.2, 0.25) is 0 Å². The first-order chi connectivity index (χ1) is 11.4. The minimum atomic E-state index is -1.28. The normalized spacial score (nSPS) is 11.2. The lowest BCUT2D eigenvalue weighted by Gasteiger charge is -2.13. The van der Waals surface area contributed by atoms with Gasteiger partial charge in [-0.3, -0.25) is 9.59 Å². The maximum Gasteiger partial charge on any atom is 0.315 e. The van der Waals surface area contributed by atoms with Gasteiger partial charge in [-0.25, -0.2) is 4.79 Å². The van der Waals surface area contributed by atoms with E-state index in [2.05, 4.69) is 10.6 Å². The van der Waals surface area contributed by atoms with Crippen molar-refractivity contribution in [3.63, 3.8) is 0 Å². The van der Waals surface area contributed by atoms with Crippen molar-refractivity contribution in [3.8, 4) is 11.5 Å². The first kappa shape index (κ1) is 19.1. The van der Waals surface area contributed by atoms with Crippen molar-refractivity contribution in [3.05, 3.63) is 23.8 Å². The highest BCUT2D eigenvalue weighted by molar-refractivity contribution is 5.79. The SMILES string of the molecule is COc1ccc(CNC(=O)NCC(CC(=O)O)C(=O)O)cc1OC. The first-order valence-electron chi connectivity index (χ1n) is 7.04. The Balaban J connectivity index is 2.51. The van der Waals surface area contributed by atoms with Gasteiger partial charge >= 0.3 is 18.0 Å². The maximum atomic E-state index is 11.7. The fourth-order valence-electron chi connectivity index (χ4n) is 1.91. The molecule has 4 N–H and O–H groups in total. The topological polar surface area (TPSA) is 134 Å². The van der Waals surface area contributed by atoms with E-state index >= 15 is 0 Å². The van der Waals surface area contributed by atoms with Gasteiger partial charge < -0.3 is 30.3 Å². The number of ether oxygens (including phenoxy) is 2. The average Bonchev–Trinajstić information content (AvgIpc) is 2.55. The highest BCUT2D eigenvalue weighted by atomic mass is 16.5. The van der Waals surface area contributed by atoms with Crippen molar-refractivity contribution in [2.75, 3.05) is 20.8 Å². The van der Waals surface area contributed by atoms with Crippen LogP contribution in [0.5, 0.6) is 11.5 Å². The van der Waals surface area contributed by atoms with Gasteiger partial charge in [0.15, 0.2) is 11.5 Å². The molecule has 1 unspecified atom stereocenters. The van der Waals surface area contributed by atoms with E-state index in [4.69, 9.17) is 19.7 Å². The number of benzene rings is 1. The van der Waals surface area contributed by atoms with Gasteiger partial charge in [-0.2, -0.15) is 0 Å². The lowest BCUT2D eigenvalue weighted by molar-refractivity contribution is -0.148. The summed E-state index contributed by atoms with van der Waals surface area (Å²) in [5.41, 5.74) is 0.753. The molecule has 1 aromatic carbocycles. The van der Waals surface area contributed by atoms with Gasteiger partial charge in [0, 0.05) is 13.1 Å². The number of aliphatic carboxylic acids is 2. The van der Waals surface area contributed by atoms with E-state index in [1.807, 2.05) is 0 Å². The fourth-order valence-corrected chi connectivity index (χ4v) is 1.91. The second kappa shape index (κ2) is 9.23. The maximum absolute atomic E-state index is 11.7. The van der Waals surface area contributed by atoms with Gasteiger partial charge in [-0.15, -0.1) is 0 Å². The number of amides is 2. The molecule has 2 amide bonds. The summed E-state index contributed by atoms with van der Waals surface area (Å²) in [6.45, 7) is -0.0950. The molecule has 132 valence electrons. The van der Waals surface area contributed by atoms with Crippen LogP contribution >= 0.6 is 0 Å². The first-order valence-corrected chi connectivity index (χ1v) is 7.04. The Kier molecular flexibility index (Phi) is 7.34. The molecule has 0 aromatic heterocycles. The monoisotopic (exact) mass is 340 g/mol. The minimum absolute atomic E-state index is 0.183. The van der Waals surface area contributed by atoms with Gasteiger partial charge in [0.1, 0.15) is 0 Å². The molecule has 1 rings (SSSR count). The number of methoxy groups -OCH3 is 2. The Bertz CT molecular complexity index is 603. The molecular formula is C15H20N2O7. The van der Waals surface area contributed by atoms with Crippen LogP contribution in [0.1, 0.15) is 12.0 Å². The third-order valence-electron chi connectivity index (χ3n) is 3.18. The molecule has 1 aromatic rings. The third-order valence-corrected chi connectivity index (χ3v) is 3.18. The standard InChI is InChI=1S/C15H20N2O7/c1-23-11-4-3-9(5-12(11)24-2)7-16-15(22)17-8-10(14(20)21)6-13(18)19/h3-5,10H,6-8H2,1-2H3,(H,18,19)(H,20,21)(H2,16,17,22). The van der Waals surface area contributed by atoms with Crippen LogP contribution in [0.4, 0.5) is 4.79 Å². The van der Waals surface area contributed by atoms with E-state index < -0.39 is 30.3 Å². The highest BCUT2D eigenvalue weighted by Gasteiger charge is 2.21. The lowest BCUT2D eigenvalue weighted by Crippen LogP contribution is -2.40. The molecule has 9 nitrogen and oxygen atoms in total. The van der Waals surface area contributed by atoms with Crippen LogP contribution in [0.3, 0.4) is 0 Å². The third kappa shape index (κ3) is 6.03. The van der Waals surface area contributed by atoms with E-state index in [0.717, 1.165) is 5.56 Å². The van der Waals surface area contributed by atoms with Crippen LogP contribution in [-0.4, -0.2) is 48.9 Å². The number of carboxylic acid groups (broad SMARTS) is 2. The van der Waals surface area contributed by atoms with Crippen molar-refractivity contribution in [2.45, 2.75) is 13.0 Å². The summed E-state index contributed by atoms with van der Waals surface area (Å²) in [5, 5.41) is 22.4. The molecule has 0 spiro atoms. The number of carboxylic acids is 2. The average molecular weight is 340 g/mol. The van der Waals surface area contributed by atoms with Crippen LogP contribution in [0.2, 0.25) is 0 Å². The Morgan fingerprint density at radius 1 is 1.08 bits per heavy atom. The molecule has 0 fully saturated rings. The Labute approximate surface area is 138 Å². The molecule has 0 aliphatic rings. The van der Waals surface area contributed by atoms with Crippen molar-refractivity contribution in [1.82, 2.24) is 10.6 Å². The molecular weight excluding hydrogens is 320 g/mol. The largest absolute Gasteiger partial charge is 0.493 e. The van der Waals surface area contributed by atoms with Gasteiger partial charge in [0.25, 0.3) is 0 Å². The van der Waals surface area contributed by atoms with Crippen LogP contribution in [0.25, 0.3) is 0 Å². The number of carbonyl (C=O) groups is 3. The van der Waals surface area contributed by atoms with Crippen molar-refractivity contribution >= 4 is 18.0 Å². The zero-order chi connectivity index (χ0) is 18.1. The van der Waals surface area contributed by atoms with E-state index in [1.165, 1.54) is 14.2 Å². The number of rotatable bonds is 9. The van der Waals surface area contributed by atoms with E-state index in [9.17, 15) is 14.4 Å². The Morgan fingerprint density at radius 2 is 1.75 bits per heavy atom. The molecule has 1 atom stereocenters. The number of nitrogens with one attached hydrogen (secondary N) is 2. The van der Waals surface area contributed by atoms with Crippen molar-refractivity contribution in [1.29, 1.82) is 0 Å². The minimum Gasteiger partial charge on any atom is -0.493 e. The summed E-state index contributed by atoms with van der Waals surface area (Å²) in [4.78, 5) is 33.2. The van der Waals surface area contributed by atoms with E-state index in [-0.39, 0.29) is 13.1 Å². The van der Waals surface area contributed by atoms with Gasteiger partial charge in [-0.05, 0) is 17.7 Å². The molecule has 0 aliphatic heterocycles. The smallest absolute Gasteiger partial charge is 0.315 e. The molecule has 0 aliphatic carbocycles. The summed E-state index contributed by atoms with van der Waals surface area (Å²) < 4.78 is 10.3. The van der Waals surface area contributed by atoms with Crippen LogP contribution in [0.15, 0.2) is 18.2 Å². The van der Waals surface area contributed by atoms with Crippen molar-refractivity contribution in [2.24, 2.45) is 5.92 Å². The van der Waals surface area contributed by atoms with Gasteiger partial charge in [0.05, 0.1) is 26.6 Å². The molecule has 0 heterocycles. The zero-order valence-electron chi connectivity index (χ0n) is 13.4. The Morgan fingerprint density at radius 3 is 2.29 bits per heavy atom. The predicted octanol–water partition coefficient (Wildman–Crippen LogP) is 0.679. The zero-order valence-corrected chi connectivity index (χ0v) is 13.4. The van der Waals surface area contributed by atoms with E-state index in [1.54, 1.807) is 18.2 Å². The van der Waals surface area contributed by atoms with E-state index in [0.29, 0.717) is 11.5 Å². The number of carbonyl (C=O) groups excluding carboxylic acids is 1. The molecule has 0 bridgehead atoms. The molecule has 0 radical (unpaired) electrons. The second-order valence-corrected chi connectivity index (χ2v) is 4.89. The van der Waals surface area contributed by atoms with Crippen molar-refractivity contribution < 1.29 is 34.1 Å². The number of hydrogen-bond acceptors (Lipinski definition) is 5. The fraction of sp³-hybridized carbons (Fsp3) is 0.400. The predicted molar refractivity (Wildman–Crippen MR) is 83.2 cm³/mol. The molecule has 9 heteroatoms. The molecule has 0 saturated heterocycles. The summed E-state index contributed by atoms with van der Waals surface area (Å²) in [5.74, 6) is -2.63. The second-order valence-electron chi connectivity index (χ2n) is 4.89. The summed E-state index contributed by atoms with van der Waals surface area (Å²) >= 11 is 0. The highest BCUT2D eigenvalue weighted by Crippen LogP contribution is 2.27. The Hall–Kier alpha value is -2.97. The lowest BCUT2D eigenvalue weighted by atomic mass is 10.1. The van der Waals surface area contributed by atoms with Crippen LogP contribution in [-0.2, 0) is 16.1 Å². The number of urea groups is 1. The van der Waals surface area contributed by atoms with Crippen LogP contribution < -0.4 is 20.1 Å².